The fraction of sp³-hybridized carbons (Fsp3) is 0.207. The van der Waals surface area contributed by atoms with Crippen molar-refractivity contribution in [3.63, 3.8) is 0 Å². The molecule has 2 N–H and O–H groups in total. The van der Waals surface area contributed by atoms with Crippen molar-refractivity contribution in [2.24, 2.45) is 5.73 Å². The fourth-order valence-corrected chi connectivity index (χ4v) is 4.43. The molecule has 0 saturated carbocycles. The number of ether oxygens (including phenoxy) is 1. The van der Waals surface area contributed by atoms with Crippen LogP contribution in [0, 0.1) is 13.8 Å². The van der Waals surface area contributed by atoms with Crippen LogP contribution in [0.25, 0.3) is 11.1 Å². The van der Waals surface area contributed by atoms with Crippen LogP contribution < -0.4 is 16.0 Å². The number of nitrogens with zero attached hydrogens (tertiary/aromatic N) is 1. The van der Waals surface area contributed by atoms with E-state index in [1.165, 1.54) is 5.56 Å². The molecular weight excluding hydrogens is 408 g/mol. The van der Waals surface area contributed by atoms with E-state index in [1.54, 1.807) is 7.11 Å². The van der Waals surface area contributed by atoms with Crippen LogP contribution >= 0.6 is 0 Å². The summed E-state index contributed by atoms with van der Waals surface area (Å²) in [6, 6.07) is 27.7. The van der Waals surface area contributed by atoms with Gasteiger partial charge in [-0.2, -0.15) is 0 Å². The molecule has 1 unspecified atom stereocenters. The van der Waals surface area contributed by atoms with Gasteiger partial charge < -0.3 is 15.0 Å². The quantitative estimate of drug-likeness (QED) is 0.418. The first-order valence-corrected chi connectivity index (χ1v) is 11.2. The second-order valence-corrected chi connectivity index (χ2v) is 8.39. The van der Waals surface area contributed by atoms with Gasteiger partial charge in [0.15, 0.2) is 0 Å². The highest BCUT2D eigenvalue weighted by Gasteiger charge is 2.20. The Kier molecular flexibility index (Phi) is 6.76. The minimum atomic E-state index is -0.284. The molecule has 1 heterocycles. The van der Waals surface area contributed by atoms with Gasteiger partial charge in [-0.25, -0.2) is 0 Å². The topological polar surface area (TPSA) is 57.2 Å². The summed E-state index contributed by atoms with van der Waals surface area (Å²) in [5.74, 6) is 0.726. The molecule has 4 aromatic rings. The van der Waals surface area contributed by atoms with E-state index < -0.39 is 0 Å². The molecule has 33 heavy (non-hydrogen) atoms. The number of hydrogen-bond acceptors (Lipinski definition) is 3. The highest BCUT2D eigenvalue weighted by Crippen LogP contribution is 2.29. The molecule has 0 aliphatic carbocycles. The Hall–Kier alpha value is -3.63. The predicted octanol–water partition coefficient (Wildman–Crippen LogP) is 5.43. The van der Waals surface area contributed by atoms with Crippen LogP contribution in [0.3, 0.4) is 0 Å². The summed E-state index contributed by atoms with van der Waals surface area (Å²) in [5, 5.41) is 0. The lowest BCUT2D eigenvalue weighted by Gasteiger charge is -2.23. The lowest BCUT2D eigenvalue weighted by atomic mass is 9.92. The van der Waals surface area contributed by atoms with Crippen LogP contribution in [0.4, 0.5) is 0 Å². The number of aromatic nitrogens is 1. The molecule has 0 fully saturated rings. The second kappa shape index (κ2) is 9.88. The largest absolute Gasteiger partial charge is 0.497 e. The van der Waals surface area contributed by atoms with Gasteiger partial charge in [0.05, 0.1) is 12.7 Å². The van der Waals surface area contributed by atoms with Gasteiger partial charge in [0.1, 0.15) is 5.75 Å². The van der Waals surface area contributed by atoms with E-state index in [-0.39, 0.29) is 11.6 Å². The van der Waals surface area contributed by atoms with Gasteiger partial charge in [0.25, 0.3) is 5.56 Å². The van der Waals surface area contributed by atoms with Gasteiger partial charge in [-0.15, -0.1) is 0 Å². The van der Waals surface area contributed by atoms with Gasteiger partial charge in [-0.05, 0) is 60.2 Å². The number of methoxy groups -OCH3 is 1. The van der Waals surface area contributed by atoms with Crippen molar-refractivity contribution in [1.82, 2.24) is 4.57 Å². The summed E-state index contributed by atoms with van der Waals surface area (Å²) in [4.78, 5) is 13.8. The maximum absolute atomic E-state index is 13.8. The monoisotopic (exact) mass is 438 g/mol. The van der Waals surface area contributed by atoms with E-state index in [4.69, 9.17) is 10.5 Å². The maximum atomic E-state index is 13.8. The maximum Gasteiger partial charge on any atom is 0.258 e. The van der Waals surface area contributed by atoms with Gasteiger partial charge >= 0.3 is 0 Å². The van der Waals surface area contributed by atoms with Crippen molar-refractivity contribution in [3.05, 3.63) is 123 Å². The zero-order valence-corrected chi connectivity index (χ0v) is 19.4. The Morgan fingerprint density at radius 2 is 1.58 bits per heavy atom. The second-order valence-electron chi connectivity index (χ2n) is 8.39. The minimum absolute atomic E-state index is 0.0264. The molecule has 0 amide bonds. The SMILES string of the molecule is COc1cccc(-c2c(C)c(Cc3ccccc3)c(C)n(CC(N)c3ccccc3)c2=O)c1. The zero-order chi connectivity index (χ0) is 23.4. The first-order chi connectivity index (χ1) is 16.0. The van der Waals surface area contributed by atoms with Crippen LogP contribution in [0.1, 0.15) is 34.0 Å². The number of hydrogen-bond donors (Lipinski definition) is 1. The van der Waals surface area contributed by atoms with Crippen molar-refractivity contribution < 1.29 is 4.74 Å². The Labute approximate surface area is 195 Å². The van der Waals surface area contributed by atoms with E-state index in [0.29, 0.717) is 12.1 Å². The van der Waals surface area contributed by atoms with E-state index >= 15 is 0 Å². The van der Waals surface area contributed by atoms with Crippen molar-refractivity contribution in [1.29, 1.82) is 0 Å². The van der Waals surface area contributed by atoms with Crippen LogP contribution in [0.2, 0.25) is 0 Å². The molecule has 0 aliphatic heterocycles. The normalized spacial score (nSPS) is 11.9. The minimum Gasteiger partial charge on any atom is -0.497 e. The first-order valence-electron chi connectivity index (χ1n) is 11.2. The number of benzene rings is 3. The van der Waals surface area contributed by atoms with Crippen LogP contribution in [-0.4, -0.2) is 11.7 Å². The lowest BCUT2D eigenvalue weighted by molar-refractivity contribution is 0.415. The Morgan fingerprint density at radius 1 is 0.909 bits per heavy atom. The molecule has 0 aliphatic rings. The molecule has 0 bridgehead atoms. The molecule has 1 atom stereocenters. The Balaban J connectivity index is 1.89. The van der Waals surface area contributed by atoms with Crippen molar-refractivity contribution in [2.75, 3.05) is 7.11 Å². The number of nitrogens with two attached hydrogens (primary N) is 1. The third-order valence-electron chi connectivity index (χ3n) is 6.32. The molecule has 3 aromatic carbocycles. The third-order valence-corrected chi connectivity index (χ3v) is 6.32. The van der Waals surface area contributed by atoms with Crippen LogP contribution in [0.5, 0.6) is 5.75 Å². The average Bonchev–Trinajstić information content (AvgIpc) is 2.85. The van der Waals surface area contributed by atoms with Gasteiger partial charge in [-0.1, -0.05) is 72.8 Å². The molecule has 0 spiro atoms. The third kappa shape index (κ3) is 4.76. The molecule has 0 saturated heterocycles. The fourth-order valence-electron chi connectivity index (χ4n) is 4.43. The molecule has 4 nitrogen and oxygen atoms in total. The smallest absolute Gasteiger partial charge is 0.258 e. The van der Waals surface area contributed by atoms with Gasteiger partial charge in [-0.3, -0.25) is 4.79 Å². The standard InChI is InChI=1S/C29H30N2O2/c1-20-26(17-22-11-6-4-7-12-22)21(2)31(19-27(30)23-13-8-5-9-14-23)29(32)28(20)24-15-10-16-25(18-24)33-3/h4-16,18,27H,17,19,30H2,1-3H3. The average molecular weight is 439 g/mol. The summed E-state index contributed by atoms with van der Waals surface area (Å²) in [6.07, 6.45) is 0.746. The molecule has 4 heteroatoms. The molecule has 168 valence electrons. The highest BCUT2D eigenvalue weighted by molar-refractivity contribution is 5.69. The Morgan fingerprint density at radius 3 is 2.24 bits per heavy atom. The van der Waals surface area contributed by atoms with Crippen molar-refractivity contribution in [3.8, 4) is 16.9 Å². The highest BCUT2D eigenvalue weighted by atomic mass is 16.5. The number of pyridine rings is 1. The lowest BCUT2D eigenvalue weighted by Crippen LogP contribution is -2.31. The molecule has 4 rings (SSSR count). The van der Waals surface area contributed by atoms with E-state index in [1.807, 2.05) is 91.2 Å². The van der Waals surface area contributed by atoms with E-state index in [9.17, 15) is 4.79 Å². The summed E-state index contributed by atoms with van der Waals surface area (Å²) in [6.45, 7) is 4.48. The van der Waals surface area contributed by atoms with Crippen molar-refractivity contribution in [2.45, 2.75) is 32.9 Å². The zero-order valence-electron chi connectivity index (χ0n) is 19.4. The molecule has 1 aromatic heterocycles. The summed E-state index contributed by atoms with van der Waals surface area (Å²) in [5.41, 5.74) is 13.4. The van der Waals surface area contributed by atoms with Crippen LogP contribution in [-0.2, 0) is 13.0 Å². The van der Waals surface area contributed by atoms with Gasteiger partial charge in [0, 0.05) is 18.3 Å². The summed E-state index contributed by atoms with van der Waals surface area (Å²) < 4.78 is 7.27. The predicted molar refractivity (Wildman–Crippen MR) is 135 cm³/mol. The van der Waals surface area contributed by atoms with E-state index in [2.05, 4.69) is 12.1 Å². The van der Waals surface area contributed by atoms with E-state index in [0.717, 1.165) is 40.1 Å². The van der Waals surface area contributed by atoms with Gasteiger partial charge in [0.2, 0.25) is 0 Å². The molecular formula is C29H30N2O2. The number of rotatable bonds is 7. The summed E-state index contributed by atoms with van der Waals surface area (Å²) in [7, 11) is 1.64. The first kappa shape index (κ1) is 22.6. The summed E-state index contributed by atoms with van der Waals surface area (Å²) >= 11 is 0. The Bertz CT molecular complexity index is 1290. The van der Waals surface area contributed by atoms with Crippen LogP contribution in [0.15, 0.2) is 89.7 Å². The molecule has 0 radical (unpaired) electrons. The van der Waals surface area contributed by atoms with Crippen molar-refractivity contribution >= 4 is 0 Å².